The Kier molecular flexibility index (Phi) is 6.63. The van der Waals surface area contributed by atoms with Crippen LogP contribution in [0.15, 0.2) is 24.3 Å². The Morgan fingerprint density at radius 2 is 1.88 bits per heavy atom. The summed E-state index contributed by atoms with van der Waals surface area (Å²) in [7, 11) is 0. The highest BCUT2D eigenvalue weighted by Gasteiger charge is 2.26. The molecule has 1 unspecified atom stereocenters. The van der Waals surface area contributed by atoms with Crippen LogP contribution in [0.2, 0.25) is 0 Å². The molecule has 1 saturated heterocycles. The highest BCUT2D eigenvalue weighted by atomic mass is 16.5. The molecule has 0 bridgehead atoms. The van der Waals surface area contributed by atoms with Gasteiger partial charge in [-0.25, -0.2) is 0 Å². The first-order valence-corrected chi connectivity index (χ1v) is 9.64. The average molecular weight is 359 g/mol. The third-order valence-corrected chi connectivity index (χ3v) is 5.46. The van der Waals surface area contributed by atoms with E-state index in [9.17, 15) is 9.59 Å². The van der Waals surface area contributed by atoms with Gasteiger partial charge < -0.3 is 21.1 Å². The van der Waals surface area contributed by atoms with Crippen LogP contribution in [0.4, 0.5) is 5.69 Å². The lowest BCUT2D eigenvalue weighted by molar-refractivity contribution is -0.124. The maximum atomic E-state index is 12.3. The Balaban J connectivity index is 1.50. The fourth-order valence-electron chi connectivity index (χ4n) is 3.79. The Morgan fingerprint density at radius 1 is 1.15 bits per heavy atom. The van der Waals surface area contributed by atoms with Crippen LogP contribution in [0.25, 0.3) is 0 Å². The van der Waals surface area contributed by atoms with Crippen molar-refractivity contribution in [2.45, 2.75) is 51.1 Å². The SMILES string of the molecule is NC(C(=O)NCc1cccc(NC(=O)C2CCCC2)c1)C1CCOCC1. The molecular weight excluding hydrogens is 330 g/mol. The summed E-state index contributed by atoms with van der Waals surface area (Å²) in [6.45, 7) is 1.76. The Bertz CT molecular complexity index is 622. The standard InChI is InChI=1S/C20H29N3O3/c21-18(15-8-10-26-11-9-15)20(25)22-13-14-4-3-7-17(12-14)23-19(24)16-5-1-2-6-16/h3-4,7,12,15-16,18H,1-2,5-6,8-11,13,21H2,(H,22,25)(H,23,24). The summed E-state index contributed by atoms with van der Waals surface area (Å²) in [5.41, 5.74) is 7.82. The van der Waals surface area contributed by atoms with Gasteiger partial charge >= 0.3 is 0 Å². The van der Waals surface area contributed by atoms with Crippen molar-refractivity contribution < 1.29 is 14.3 Å². The summed E-state index contributed by atoms with van der Waals surface area (Å²) in [5.74, 6) is 0.291. The van der Waals surface area contributed by atoms with Gasteiger partial charge in [-0.05, 0) is 49.3 Å². The van der Waals surface area contributed by atoms with Gasteiger partial charge in [0.05, 0.1) is 6.04 Å². The van der Waals surface area contributed by atoms with Crippen molar-refractivity contribution in [2.75, 3.05) is 18.5 Å². The highest BCUT2D eigenvalue weighted by Crippen LogP contribution is 2.26. The third kappa shape index (κ3) is 5.05. The molecule has 1 heterocycles. The fourth-order valence-corrected chi connectivity index (χ4v) is 3.79. The van der Waals surface area contributed by atoms with Crippen LogP contribution in [-0.2, 0) is 20.9 Å². The van der Waals surface area contributed by atoms with Crippen molar-refractivity contribution in [3.63, 3.8) is 0 Å². The first-order valence-electron chi connectivity index (χ1n) is 9.64. The molecule has 0 radical (unpaired) electrons. The van der Waals surface area contributed by atoms with E-state index >= 15 is 0 Å². The Morgan fingerprint density at radius 3 is 2.62 bits per heavy atom. The van der Waals surface area contributed by atoms with Crippen LogP contribution in [0.1, 0.15) is 44.1 Å². The number of carbonyl (C=O) groups excluding carboxylic acids is 2. The molecule has 2 fully saturated rings. The lowest BCUT2D eigenvalue weighted by Gasteiger charge is -2.26. The van der Waals surface area contributed by atoms with Gasteiger partial charge in [0.25, 0.3) is 0 Å². The predicted molar refractivity (Wildman–Crippen MR) is 100 cm³/mol. The first-order chi connectivity index (χ1) is 12.6. The largest absolute Gasteiger partial charge is 0.381 e. The van der Waals surface area contributed by atoms with Gasteiger partial charge in [0.1, 0.15) is 0 Å². The summed E-state index contributed by atoms with van der Waals surface area (Å²) >= 11 is 0. The van der Waals surface area contributed by atoms with Crippen molar-refractivity contribution in [1.29, 1.82) is 0 Å². The number of hydrogen-bond acceptors (Lipinski definition) is 4. The maximum absolute atomic E-state index is 12.3. The number of hydrogen-bond donors (Lipinski definition) is 3. The second-order valence-electron chi connectivity index (χ2n) is 7.36. The number of amides is 2. The molecule has 1 saturated carbocycles. The van der Waals surface area contributed by atoms with E-state index < -0.39 is 6.04 Å². The highest BCUT2D eigenvalue weighted by molar-refractivity contribution is 5.92. The number of carbonyl (C=O) groups is 2. The van der Waals surface area contributed by atoms with Crippen LogP contribution in [0.5, 0.6) is 0 Å². The number of benzene rings is 1. The zero-order valence-corrected chi connectivity index (χ0v) is 15.2. The smallest absolute Gasteiger partial charge is 0.237 e. The molecule has 1 aromatic carbocycles. The van der Waals surface area contributed by atoms with Crippen molar-refractivity contribution in [3.05, 3.63) is 29.8 Å². The Labute approximate surface area is 154 Å². The molecule has 26 heavy (non-hydrogen) atoms. The molecular formula is C20H29N3O3. The fraction of sp³-hybridized carbons (Fsp3) is 0.600. The second kappa shape index (κ2) is 9.14. The van der Waals surface area contributed by atoms with Crippen molar-refractivity contribution in [1.82, 2.24) is 5.32 Å². The minimum atomic E-state index is -0.496. The molecule has 6 heteroatoms. The van der Waals surface area contributed by atoms with E-state index in [0.717, 1.165) is 49.8 Å². The van der Waals surface area contributed by atoms with E-state index in [1.165, 1.54) is 0 Å². The van der Waals surface area contributed by atoms with Gasteiger partial charge in [0.15, 0.2) is 0 Å². The summed E-state index contributed by atoms with van der Waals surface area (Å²) in [6.07, 6.45) is 5.89. The summed E-state index contributed by atoms with van der Waals surface area (Å²) < 4.78 is 5.32. The molecule has 1 aliphatic heterocycles. The number of nitrogens with two attached hydrogens (primary N) is 1. The maximum Gasteiger partial charge on any atom is 0.237 e. The quantitative estimate of drug-likeness (QED) is 0.726. The number of anilines is 1. The van der Waals surface area contributed by atoms with E-state index in [2.05, 4.69) is 10.6 Å². The normalized spacial score (nSPS) is 19.9. The summed E-state index contributed by atoms with van der Waals surface area (Å²) in [5, 5.41) is 5.91. The molecule has 1 aliphatic carbocycles. The molecule has 1 aromatic rings. The van der Waals surface area contributed by atoms with Gasteiger partial charge in [0.2, 0.25) is 11.8 Å². The van der Waals surface area contributed by atoms with Crippen molar-refractivity contribution >= 4 is 17.5 Å². The van der Waals surface area contributed by atoms with Gasteiger partial charge in [-0.2, -0.15) is 0 Å². The van der Waals surface area contributed by atoms with E-state index in [1.807, 2.05) is 24.3 Å². The Hall–Kier alpha value is -1.92. The van der Waals surface area contributed by atoms with Crippen LogP contribution in [0.3, 0.4) is 0 Å². The summed E-state index contributed by atoms with van der Waals surface area (Å²) in [4.78, 5) is 24.6. The van der Waals surface area contributed by atoms with Crippen molar-refractivity contribution in [2.24, 2.45) is 17.6 Å². The molecule has 3 rings (SSSR count). The lowest BCUT2D eigenvalue weighted by Crippen LogP contribution is -2.46. The second-order valence-corrected chi connectivity index (χ2v) is 7.36. The zero-order chi connectivity index (χ0) is 18.4. The topological polar surface area (TPSA) is 93.5 Å². The minimum Gasteiger partial charge on any atom is -0.381 e. The van der Waals surface area contributed by atoms with E-state index in [-0.39, 0.29) is 23.7 Å². The average Bonchev–Trinajstić information content (AvgIpc) is 3.21. The monoisotopic (exact) mass is 359 g/mol. The number of nitrogens with one attached hydrogen (secondary N) is 2. The van der Waals surface area contributed by atoms with E-state index in [0.29, 0.717) is 19.8 Å². The van der Waals surface area contributed by atoms with Gasteiger partial charge in [0, 0.05) is 31.4 Å². The van der Waals surface area contributed by atoms with Crippen LogP contribution < -0.4 is 16.4 Å². The van der Waals surface area contributed by atoms with E-state index in [4.69, 9.17) is 10.5 Å². The van der Waals surface area contributed by atoms with Crippen molar-refractivity contribution in [3.8, 4) is 0 Å². The molecule has 0 aromatic heterocycles. The summed E-state index contributed by atoms with van der Waals surface area (Å²) in [6, 6.07) is 7.12. The zero-order valence-electron chi connectivity index (χ0n) is 15.2. The molecule has 6 nitrogen and oxygen atoms in total. The molecule has 0 spiro atoms. The molecule has 4 N–H and O–H groups in total. The van der Waals surface area contributed by atoms with Gasteiger partial charge in [-0.3, -0.25) is 9.59 Å². The van der Waals surface area contributed by atoms with Gasteiger partial charge in [-0.15, -0.1) is 0 Å². The van der Waals surface area contributed by atoms with Crippen LogP contribution in [-0.4, -0.2) is 31.1 Å². The molecule has 1 atom stereocenters. The number of rotatable bonds is 6. The van der Waals surface area contributed by atoms with Crippen LogP contribution in [0, 0.1) is 11.8 Å². The van der Waals surface area contributed by atoms with E-state index in [1.54, 1.807) is 0 Å². The van der Waals surface area contributed by atoms with Crippen LogP contribution >= 0.6 is 0 Å². The third-order valence-electron chi connectivity index (χ3n) is 5.46. The predicted octanol–water partition coefficient (Wildman–Crippen LogP) is 2.19. The van der Waals surface area contributed by atoms with Gasteiger partial charge in [-0.1, -0.05) is 25.0 Å². The molecule has 142 valence electrons. The molecule has 2 aliphatic rings. The minimum absolute atomic E-state index is 0.102. The first kappa shape index (κ1) is 18.9. The molecule has 2 amide bonds. The number of ether oxygens (including phenoxy) is 1. The lowest BCUT2D eigenvalue weighted by atomic mass is 9.92.